The molecule has 0 bridgehead atoms. The van der Waals surface area contributed by atoms with Gasteiger partial charge in [-0.1, -0.05) is 0 Å². The molecule has 16 heteroatoms. The highest BCUT2D eigenvalue weighted by molar-refractivity contribution is 5.94. The van der Waals surface area contributed by atoms with E-state index in [9.17, 15) is 23.9 Å². The van der Waals surface area contributed by atoms with Crippen LogP contribution in [-0.2, 0) is 4.74 Å². The molecular weight excluding hydrogens is 734 g/mol. The largest absolute Gasteiger partial charge is 0.478 e. The molecule has 0 aliphatic carbocycles. The molecule has 0 radical (unpaired) electrons. The van der Waals surface area contributed by atoms with Gasteiger partial charge in [-0.05, 0) is 109 Å². The van der Waals surface area contributed by atoms with Gasteiger partial charge in [-0.25, -0.2) is 43.7 Å². The van der Waals surface area contributed by atoms with Crippen LogP contribution in [0.25, 0.3) is 44.7 Å². The number of carbonyl (C=O) groups is 3. The van der Waals surface area contributed by atoms with E-state index < -0.39 is 29.5 Å². The Morgan fingerprint density at radius 2 is 1.21 bits per heavy atom. The van der Waals surface area contributed by atoms with E-state index in [1.165, 1.54) is 30.3 Å². The van der Waals surface area contributed by atoms with Crippen LogP contribution >= 0.6 is 0 Å². The lowest BCUT2D eigenvalue weighted by molar-refractivity contribution is 0.0632. The molecule has 6 rings (SSSR count). The maximum absolute atomic E-state index is 13.2. The third kappa shape index (κ3) is 10.1. The number of carbonyl (C=O) groups excluding carboxylic acids is 1. The van der Waals surface area contributed by atoms with Crippen molar-refractivity contribution < 1.29 is 33.7 Å². The van der Waals surface area contributed by atoms with Gasteiger partial charge >= 0.3 is 18.0 Å². The quantitative estimate of drug-likeness (QED) is 0.128. The molecule has 0 spiro atoms. The molecule has 296 valence electrons. The van der Waals surface area contributed by atoms with E-state index >= 15 is 0 Å². The highest BCUT2D eigenvalue weighted by Crippen LogP contribution is 2.32. The molecule has 0 saturated heterocycles. The zero-order chi connectivity index (χ0) is 41.8. The van der Waals surface area contributed by atoms with Gasteiger partial charge in [0, 0.05) is 37.9 Å². The Labute approximate surface area is 328 Å². The smallest absolute Gasteiger partial charge is 0.413 e. The third-order valence-corrected chi connectivity index (χ3v) is 8.64. The average Bonchev–Trinajstić information content (AvgIpc) is 3.15. The number of anilines is 3. The standard InChI is InChI=1S/C23H27N5O4.C18H17FN4O2/c1-13(2)28(6)20-19(25-16-9-7-14(21(29)30)11-17(16)26-20)15-8-10-18(24-12-15)27-22(31)32-23(3,4)5;1-10(2)23(3)17-16(14-7-5-12(19)9-20-14)21-13-6-4-11(18(24)25)8-15(13)22-17/h7-13H,1-6H3,(H,29,30)(H,24,27,31);4-10H,1-3H3,(H,24,25). The number of aromatic nitrogens is 6. The normalized spacial score (nSPS) is 11.3. The summed E-state index contributed by atoms with van der Waals surface area (Å²) in [6.45, 7) is 13.4. The number of hydrogen-bond donors (Lipinski definition) is 3. The number of nitrogens with one attached hydrogen (secondary N) is 1. The van der Waals surface area contributed by atoms with Crippen LogP contribution in [0.4, 0.5) is 26.6 Å². The van der Waals surface area contributed by atoms with Crippen LogP contribution in [0, 0.1) is 5.82 Å². The summed E-state index contributed by atoms with van der Waals surface area (Å²) >= 11 is 0. The Balaban J connectivity index is 0.000000224. The van der Waals surface area contributed by atoms with Gasteiger partial charge in [0.05, 0.1) is 45.1 Å². The van der Waals surface area contributed by atoms with E-state index in [-0.39, 0.29) is 23.2 Å². The minimum atomic E-state index is -1.02. The molecule has 4 aromatic heterocycles. The van der Waals surface area contributed by atoms with Crippen molar-refractivity contribution in [2.75, 3.05) is 29.2 Å². The fraction of sp³-hybridized carbons (Fsp3) is 0.293. The van der Waals surface area contributed by atoms with Crippen molar-refractivity contribution in [1.82, 2.24) is 29.9 Å². The first-order valence-electron chi connectivity index (χ1n) is 18.0. The highest BCUT2D eigenvalue weighted by atomic mass is 19.1. The SMILES string of the molecule is CC(C)N(C)c1nc2cc(C(=O)O)ccc2nc1-c1ccc(F)cn1.CC(C)N(C)c1nc2cc(C(=O)O)ccc2nc1-c1ccc(NC(=O)OC(C)(C)C)nc1. The maximum Gasteiger partial charge on any atom is 0.413 e. The number of carboxylic acids is 2. The molecule has 4 heterocycles. The molecule has 1 amide bonds. The summed E-state index contributed by atoms with van der Waals surface area (Å²) in [5, 5.41) is 21.1. The number of hydrogen-bond acceptors (Lipinski definition) is 12. The Kier molecular flexibility index (Phi) is 12.2. The second-order valence-electron chi connectivity index (χ2n) is 14.6. The number of carboxylic acid groups (broad SMARTS) is 2. The minimum absolute atomic E-state index is 0.129. The number of nitrogens with zero attached hydrogens (tertiary/aromatic N) is 8. The molecule has 0 unspecified atom stereocenters. The molecule has 57 heavy (non-hydrogen) atoms. The van der Waals surface area contributed by atoms with E-state index in [2.05, 4.69) is 25.3 Å². The molecule has 3 N–H and O–H groups in total. The van der Waals surface area contributed by atoms with Gasteiger partial charge in [0.25, 0.3) is 0 Å². The lowest BCUT2D eigenvalue weighted by atomic mass is 10.1. The zero-order valence-corrected chi connectivity index (χ0v) is 33.1. The van der Waals surface area contributed by atoms with Gasteiger partial charge in [-0.2, -0.15) is 0 Å². The number of amides is 1. The number of aromatic carboxylic acids is 2. The van der Waals surface area contributed by atoms with Gasteiger partial charge in [-0.15, -0.1) is 0 Å². The van der Waals surface area contributed by atoms with Crippen molar-refractivity contribution in [1.29, 1.82) is 0 Å². The number of fused-ring (bicyclic) bond motifs is 2. The first-order chi connectivity index (χ1) is 26.8. The van der Waals surface area contributed by atoms with Crippen LogP contribution in [0.2, 0.25) is 0 Å². The van der Waals surface area contributed by atoms with Crippen molar-refractivity contribution in [3.05, 3.63) is 90.0 Å². The fourth-order valence-electron chi connectivity index (χ4n) is 5.23. The summed E-state index contributed by atoms with van der Waals surface area (Å²) in [4.78, 5) is 65.5. The predicted molar refractivity (Wildman–Crippen MR) is 216 cm³/mol. The summed E-state index contributed by atoms with van der Waals surface area (Å²) < 4.78 is 18.4. The molecular formula is C41H44FN9O6. The van der Waals surface area contributed by atoms with Crippen LogP contribution in [0.5, 0.6) is 0 Å². The molecule has 0 saturated carbocycles. The van der Waals surface area contributed by atoms with Crippen molar-refractivity contribution >= 4 is 57.6 Å². The number of pyridine rings is 2. The van der Waals surface area contributed by atoms with E-state index in [1.54, 1.807) is 57.3 Å². The molecule has 0 aliphatic rings. The lowest BCUT2D eigenvalue weighted by Crippen LogP contribution is -2.27. The molecule has 15 nitrogen and oxygen atoms in total. The molecule has 2 aromatic carbocycles. The van der Waals surface area contributed by atoms with Crippen LogP contribution in [0.1, 0.15) is 69.2 Å². The Bertz CT molecular complexity index is 2440. The summed E-state index contributed by atoms with van der Waals surface area (Å²) in [7, 11) is 3.77. The van der Waals surface area contributed by atoms with Crippen molar-refractivity contribution in [2.24, 2.45) is 0 Å². The Morgan fingerprint density at radius 3 is 1.65 bits per heavy atom. The molecule has 0 atom stereocenters. The number of halogens is 1. The monoisotopic (exact) mass is 777 g/mol. The van der Waals surface area contributed by atoms with Crippen LogP contribution in [0.3, 0.4) is 0 Å². The topological polar surface area (TPSA) is 197 Å². The third-order valence-electron chi connectivity index (χ3n) is 8.64. The lowest BCUT2D eigenvalue weighted by Gasteiger charge is -2.25. The van der Waals surface area contributed by atoms with Crippen molar-refractivity contribution in [3.63, 3.8) is 0 Å². The van der Waals surface area contributed by atoms with Gasteiger partial charge in [0.15, 0.2) is 11.6 Å². The summed E-state index contributed by atoms with van der Waals surface area (Å²) in [5.41, 5.74) is 4.11. The van der Waals surface area contributed by atoms with Crippen LogP contribution in [0.15, 0.2) is 73.1 Å². The van der Waals surface area contributed by atoms with Gasteiger partial charge in [0.1, 0.15) is 28.6 Å². The van der Waals surface area contributed by atoms with Gasteiger partial charge < -0.3 is 24.7 Å². The summed E-state index contributed by atoms with van der Waals surface area (Å²) in [5.74, 6) is -0.960. The number of rotatable bonds is 9. The second-order valence-corrected chi connectivity index (χ2v) is 14.6. The molecule has 0 fully saturated rings. The van der Waals surface area contributed by atoms with E-state index in [1.807, 2.05) is 51.6 Å². The van der Waals surface area contributed by atoms with Crippen molar-refractivity contribution in [3.8, 4) is 22.6 Å². The van der Waals surface area contributed by atoms with Crippen LogP contribution in [-0.4, -0.2) is 89.9 Å². The first-order valence-corrected chi connectivity index (χ1v) is 18.0. The summed E-state index contributed by atoms with van der Waals surface area (Å²) in [6, 6.07) is 15.8. The van der Waals surface area contributed by atoms with E-state index in [0.29, 0.717) is 62.2 Å². The maximum atomic E-state index is 13.2. The fourth-order valence-corrected chi connectivity index (χ4v) is 5.23. The molecule has 0 aliphatic heterocycles. The van der Waals surface area contributed by atoms with E-state index in [0.717, 1.165) is 6.20 Å². The Hall–Kier alpha value is -6.84. The van der Waals surface area contributed by atoms with Crippen LogP contribution < -0.4 is 15.1 Å². The average molecular weight is 778 g/mol. The van der Waals surface area contributed by atoms with Crippen molar-refractivity contribution in [2.45, 2.75) is 66.2 Å². The van der Waals surface area contributed by atoms with Gasteiger partial charge in [-0.3, -0.25) is 10.3 Å². The first kappa shape index (κ1) is 41.3. The van der Waals surface area contributed by atoms with Gasteiger partial charge in [0.2, 0.25) is 0 Å². The predicted octanol–water partition coefficient (Wildman–Crippen LogP) is 7.96. The van der Waals surface area contributed by atoms with E-state index in [4.69, 9.17) is 19.8 Å². The molecule has 6 aromatic rings. The second kappa shape index (κ2) is 16.9. The summed E-state index contributed by atoms with van der Waals surface area (Å²) in [6.07, 6.45) is 2.15. The number of ether oxygens (including phenoxy) is 1. The minimum Gasteiger partial charge on any atom is -0.478 e. The zero-order valence-electron chi connectivity index (χ0n) is 33.1. The number of benzene rings is 2. The Morgan fingerprint density at radius 1 is 0.684 bits per heavy atom. The highest BCUT2D eigenvalue weighted by Gasteiger charge is 2.21.